The third-order valence-electron chi connectivity index (χ3n) is 8.39. The highest BCUT2D eigenvalue weighted by Gasteiger charge is 2.26. The second-order valence-corrected chi connectivity index (χ2v) is 10.2. The van der Waals surface area contributed by atoms with Gasteiger partial charge in [0, 0.05) is 81.6 Å². The molecule has 3 aromatic heterocycles. The number of hydrogen-bond donors (Lipinski definition) is 0. The number of rotatable bonds is 6. The van der Waals surface area contributed by atoms with E-state index >= 15 is 0 Å². The van der Waals surface area contributed by atoms with Gasteiger partial charge in [0.1, 0.15) is 0 Å². The van der Waals surface area contributed by atoms with E-state index in [9.17, 15) is 0 Å². The zero-order valence-corrected chi connectivity index (χ0v) is 22.4. The van der Waals surface area contributed by atoms with Crippen molar-refractivity contribution in [1.82, 2.24) is 13.7 Å². The quantitative estimate of drug-likeness (QED) is 0.219. The number of hydrogen-bond acceptors (Lipinski definition) is 0. The summed E-state index contributed by atoms with van der Waals surface area (Å²) in [5, 5.41) is 5.34. The highest BCUT2D eigenvalue weighted by Crippen LogP contribution is 2.42. The van der Waals surface area contributed by atoms with Gasteiger partial charge in [-0.25, -0.2) is 0 Å². The van der Waals surface area contributed by atoms with Crippen molar-refractivity contribution >= 4 is 43.6 Å². The van der Waals surface area contributed by atoms with Crippen LogP contribution in [0.1, 0.15) is 43.4 Å². The zero-order valence-electron chi connectivity index (χ0n) is 22.4. The van der Waals surface area contributed by atoms with Crippen LogP contribution in [0.3, 0.4) is 0 Å². The minimum absolute atomic E-state index is 0.124. The molecule has 188 valence electrons. The summed E-state index contributed by atoms with van der Waals surface area (Å²) in [6, 6.07) is 33.8. The Bertz CT molecular complexity index is 1860. The van der Waals surface area contributed by atoms with Gasteiger partial charge < -0.3 is 13.7 Å². The van der Waals surface area contributed by atoms with Gasteiger partial charge in [-0.1, -0.05) is 60.7 Å². The molecule has 3 heterocycles. The van der Waals surface area contributed by atoms with Crippen LogP contribution < -0.4 is 0 Å². The first-order chi connectivity index (χ1) is 18.7. The van der Waals surface area contributed by atoms with E-state index < -0.39 is 0 Å². The molecule has 0 unspecified atom stereocenters. The Balaban J connectivity index is 1.57. The number of aryl methyl sites for hydroxylation is 3. The molecule has 0 saturated heterocycles. The molecule has 0 atom stereocenters. The van der Waals surface area contributed by atoms with Crippen LogP contribution in [0.15, 0.2) is 103 Å². The van der Waals surface area contributed by atoms with Crippen molar-refractivity contribution in [2.24, 2.45) is 0 Å². The van der Waals surface area contributed by atoms with Gasteiger partial charge >= 0.3 is 0 Å². The second-order valence-electron chi connectivity index (χ2n) is 10.2. The van der Waals surface area contributed by atoms with Crippen LogP contribution >= 0.6 is 0 Å². The Morgan fingerprint density at radius 1 is 0.500 bits per heavy atom. The van der Waals surface area contributed by atoms with Crippen LogP contribution in [-0.4, -0.2) is 13.7 Å². The highest BCUT2D eigenvalue weighted by atomic mass is 15.0. The highest BCUT2D eigenvalue weighted by molar-refractivity contribution is 6.08. The maximum atomic E-state index is 2.46. The second kappa shape index (κ2) is 8.95. The number of benzene rings is 4. The minimum atomic E-state index is 0.124. The molecule has 7 aromatic rings. The summed E-state index contributed by atoms with van der Waals surface area (Å²) in [4.78, 5) is 0. The van der Waals surface area contributed by atoms with Crippen molar-refractivity contribution in [2.75, 3.05) is 0 Å². The van der Waals surface area contributed by atoms with E-state index in [1.165, 1.54) is 60.3 Å². The van der Waals surface area contributed by atoms with Crippen molar-refractivity contribution in [3.05, 3.63) is 120 Å². The Morgan fingerprint density at radius 3 is 1.55 bits per heavy atom. The summed E-state index contributed by atoms with van der Waals surface area (Å²) in [5.41, 5.74) is 9.32. The predicted molar refractivity (Wildman–Crippen MR) is 161 cm³/mol. The molecule has 0 aliphatic carbocycles. The van der Waals surface area contributed by atoms with Gasteiger partial charge in [0.15, 0.2) is 0 Å². The molecular formula is C35H33N3. The van der Waals surface area contributed by atoms with Crippen LogP contribution in [0, 0.1) is 0 Å². The molecule has 38 heavy (non-hydrogen) atoms. The molecule has 0 aliphatic rings. The Kier molecular flexibility index (Phi) is 5.40. The van der Waals surface area contributed by atoms with Crippen LogP contribution in [0.4, 0.5) is 0 Å². The lowest BCUT2D eigenvalue weighted by Crippen LogP contribution is -2.03. The van der Waals surface area contributed by atoms with Gasteiger partial charge in [-0.15, -0.1) is 0 Å². The fourth-order valence-electron chi connectivity index (χ4n) is 6.65. The van der Waals surface area contributed by atoms with Gasteiger partial charge in [-0.05, 0) is 67.8 Å². The lowest BCUT2D eigenvalue weighted by molar-refractivity contribution is 0.782. The molecule has 0 fully saturated rings. The summed E-state index contributed by atoms with van der Waals surface area (Å²) < 4.78 is 7.24. The summed E-state index contributed by atoms with van der Waals surface area (Å²) in [7, 11) is 0. The maximum absolute atomic E-state index is 2.46. The average Bonchev–Trinajstić information content (AvgIpc) is 3.63. The van der Waals surface area contributed by atoms with Crippen molar-refractivity contribution in [3.63, 3.8) is 0 Å². The molecule has 0 spiro atoms. The Hall–Kier alpha value is -4.24. The maximum Gasteiger partial charge on any atom is 0.0491 e. The monoisotopic (exact) mass is 495 g/mol. The Labute approximate surface area is 223 Å². The molecule has 0 saturated carbocycles. The number of fused-ring (bicyclic) bond motifs is 5. The van der Waals surface area contributed by atoms with Gasteiger partial charge in [-0.2, -0.15) is 0 Å². The van der Waals surface area contributed by atoms with Crippen molar-refractivity contribution in [1.29, 1.82) is 0 Å². The largest absolute Gasteiger partial charge is 0.347 e. The van der Waals surface area contributed by atoms with Gasteiger partial charge in [-0.3, -0.25) is 0 Å². The first-order valence-electron chi connectivity index (χ1n) is 13.9. The SMILES string of the molecule is CCn1cc(C(c2ccc3c(c2)c2ccccc2n3CC)c2cn(CC)c3ccccc23)c2ccccc21. The van der Waals surface area contributed by atoms with Gasteiger partial charge in [0.05, 0.1) is 0 Å². The van der Waals surface area contributed by atoms with E-state index in [2.05, 4.69) is 138 Å². The predicted octanol–water partition coefficient (Wildman–Crippen LogP) is 8.94. The molecule has 0 radical (unpaired) electrons. The van der Waals surface area contributed by atoms with E-state index in [4.69, 9.17) is 0 Å². The summed E-state index contributed by atoms with van der Waals surface area (Å²) in [6.45, 7) is 9.57. The summed E-state index contributed by atoms with van der Waals surface area (Å²) >= 11 is 0. The first-order valence-corrected chi connectivity index (χ1v) is 13.9. The van der Waals surface area contributed by atoms with Crippen LogP contribution in [0.2, 0.25) is 0 Å². The fraction of sp³-hybridized carbons (Fsp3) is 0.200. The van der Waals surface area contributed by atoms with Crippen molar-refractivity contribution < 1.29 is 0 Å². The fourth-order valence-corrected chi connectivity index (χ4v) is 6.65. The molecule has 7 rings (SSSR count). The third kappa shape index (κ3) is 3.28. The van der Waals surface area contributed by atoms with Crippen LogP contribution in [-0.2, 0) is 19.6 Å². The lowest BCUT2D eigenvalue weighted by Gasteiger charge is -2.18. The Morgan fingerprint density at radius 2 is 1.00 bits per heavy atom. The number of para-hydroxylation sites is 3. The van der Waals surface area contributed by atoms with E-state index in [1.807, 2.05) is 0 Å². The smallest absolute Gasteiger partial charge is 0.0491 e. The molecule has 3 heteroatoms. The summed E-state index contributed by atoms with van der Waals surface area (Å²) in [6.07, 6.45) is 4.79. The minimum Gasteiger partial charge on any atom is -0.347 e. The number of aromatic nitrogens is 3. The molecular weight excluding hydrogens is 462 g/mol. The topological polar surface area (TPSA) is 14.8 Å². The van der Waals surface area contributed by atoms with E-state index in [1.54, 1.807) is 0 Å². The molecule has 4 aromatic carbocycles. The third-order valence-corrected chi connectivity index (χ3v) is 8.39. The van der Waals surface area contributed by atoms with Crippen molar-refractivity contribution in [3.8, 4) is 0 Å². The normalized spacial score (nSPS) is 12.1. The first kappa shape index (κ1) is 22.9. The summed E-state index contributed by atoms with van der Waals surface area (Å²) in [5.74, 6) is 0.124. The standard InChI is InChI=1S/C35H33N3/c1-4-36-22-29(26-14-7-10-16-31(26)36)35(30-23-37(5-2)32-17-11-8-15-27(30)32)24-19-20-34-28(21-24)25-13-9-12-18-33(25)38(34)6-3/h7-23,35H,4-6H2,1-3H3. The van der Waals surface area contributed by atoms with E-state index in [0.717, 1.165) is 19.6 Å². The van der Waals surface area contributed by atoms with Crippen LogP contribution in [0.25, 0.3) is 43.6 Å². The lowest BCUT2D eigenvalue weighted by atomic mass is 9.84. The van der Waals surface area contributed by atoms with Gasteiger partial charge in [0.25, 0.3) is 0 Å². The molecule has 0 aliphatic heterocycles. The molecule has 0 amide bonds. The zero-order chi connectivity index (χ0) is 25.8. The average molecular weight is 496 g/mol. The van der Waals surface area contributed by atoms with Crippen molar-refractivity contribution in [2.45, 2.75) is 46.3 Å². The molecule has 0 N–H and O–H groups in total. The van der Waals surface area contributed by atoms with E-state index in [-0.39, 0.29) is 5.92 Å². The van der Waals surface area contributed by atoms with Crippen LogP contribution in [0.5, 0.6) is 0 Å². The molecule has 3 nitrogen and oxygen atoms in total. The van der Waals surface area contributed by atoms with Gasteiger partial charge in [0.2, 0.25) is 0 Å². The van der Waals surface area contributed by atoms with E-state index in [0.29, 0.717) is 0 Å². The molecule has 0 bridgehead atoms. The number of nitrogens with zero attached hydrogens (tertiary/aromatic N) is 3.